The molecule has 0 saturated carbocycles. The van der Waals surface area contributed by atoms with Gasteiger partial charge in [0.1, 0.15) is 0 Å². The molecule has 0 aliphatic carbocycles. The fourth-order valence-corrected chi connectivity index (χ4v) is 1.73. The van der Waals surface area contributed by atoms with Crippen LogP contribution < -0.4 is 10.7 Å². The Balaban J connectivity index is 2.35. The van der Waals surface area contributed by atoms with Gasteiger partial charge in [0.25, 0.3) is 0 Å². The fraction of sp³-hybridized carbons (Fsp3) is 0.273. The van der Waals surface area contributed by atoms with Gasteiger partial charge in [-0.25, -0.2) is 0 Å². The molecule has 0 radical (unpaired) electrons. The zero-order chi connectivity index (χ0) is 12.5. The smallest absolute Gasteiger partial charge is 0.187 e. The van der Waals surface area contributed by atoms with Crippen LogP contribution in [0.2, 0.25) is 0 Å². The van der Waals surface area contributed by atoms with Crippen LogP contribution in [0.15, 0.2) is 29.4 Å². The molecule has 6 heteroatoms. The largest absolute Gasteiger partial charge is 0.383 e. The van der Waals surface area contributed by atoms with Gasteiger partial charge in [0.15, 0.2) is 5.11 Å². The minimum absolute atomic E-state index is 0.490. The summed E-state index contributed by atoms with van der Waals surface area (Å²) in [5.41, 5.74) is 3.80. The number of hydrazone groups is 1. The molecule has 0 spiro atoms. The molecule has 0 aromatic heterocycles. The molecule has 1 rings (SSSR count). The van der Waals surface area contributed by atoms with E-state index in [1.54, 1.807) is 13.3 Å². The fourth-order valence-electron chi connectivity index (χ4n) is 1.05. The van der Waals surface area contributed by atoms with Crippen LogP contribution >= 0.6 is 34.8 Å². The number of ether oxygens (including phenoxy) is 1. The third-order valence-electron chi connectivity index (χ3n) is 1.87. The first-order valence-corrected chi connectivity index (χ1v) is 6.53. The van der Waals surface area contributed by atoms with Crippen LogP contribution in [0, 0.1) is 3.57 Å². The highest BCUT2D eigenvalue weighted by Crippen LogP contribution is 2.08. The van der Waals surface area contributed by atoms with E-state index >= 15 is 0 Å². The van der Waals surface area contributed by atoms with E-state index < -0.39 is 0 Å². The number of hydrogen-bond acceptors (Lipinski definition) is 3. The predicted molar refractivity (Wildman–Crippen MR) is 82.4 cm³/mol. The van der Waals surface area contributed by atoms with Gasteiger partial charge in [-0.15, -0.1) is 0 Å². The highest BCUT2D eigenvalue weighted by Gasteiger charge is 1.94. The number of nitrogens with one attached hydrogen (secondary N) is 2. The first-order chi connectivity index (χ1) is 8.24. The van der Waals surface area contributed by atoms with Crippen LogP contribution in [0.25, 0.3) is 0 Å². The van der Waals surface area contributed by atoms with E-state index in [4.69, 9.17) is 17.0 Å². The van der Waals surface area contributed by atoms with Crippen LogP contribution in [0.3, 0.4) is 0 Å². The van der Waals surface area contributed by atoms with Gasteiger partial charge in [-0.2, -0.15) is 5.10 Å². The lowest BCUT2D eigenvalue weighted by Gasteiger charge is -2.05. The Kier molecular flexibility index (Phi) is 7.06. The van der Waals surface area contributed by atoms with Gasteiger partial charge in [0, 0.05) is 22.8 Å². The Labute approximate surface area is 120 Å². The lowest BCUT2D eigenvalue weighted by molar-refractivity contribution is 0.204. The Morgan fingerprint density at radius 3 is 3.00 bits per heavy atom. The summed E-state index contributed by atoms with van der Waals surface area (Å²) >= 11 is 7.28. The summed E-state index contributed by atoms with van der Waals surface area (Å²) in [5, 5.41) is 7.51. The normalized spacial score (nSPS) is 10.5. The Morgan fingerprint density at radius 2 is 2.29 bits per heavy atom. The molecule has 0 aliphatic heterocycles. The van der Waals surface area contributed by atoms with Crippen molar-refractivity contribution in [2.45, 2.75) is 0 Å². The average molecular weight is 363 g/mol. The van der Waals surface area contributed by atoms with Gasteiger partial charge >= 0.3 is 0 Å². The molecule has 1 aromatic rings. The van der Waals surface area contributed by atoms with E-state index in [-0.39, 0.29) is 0 Å². The Bertz CT molecular complexity index is 398. The number of halogens is 1. The minimum atomic E-state index is 0.490. The van der Waals surface area contributed by atoms with Crippen molar-refractivity contribution in [3.05, 3.63) is 33.4 Å². The van der Waals surface area contributed by atoms with Gasteiger partial charge in [0.05, 0.1) is 12.8 Å². The van der Waals surface area contributed by atoms with Crippen LogP contribution in [0.1, 0.15) is 5.56 Å². The molecular formula is C11H14IN3OS. The highest BCUT2D eigenvalue weighted by atomic mass is 127. The molecule has 17 heavy (non-hydrogen) atoms. The number of thiocarbonyl (C=S) groups is 1. The van der Waals surface area contributed by atoms with Crippen molar-refractivity contribution in [1.29, 1.82) is 0 Å². The van der Waals surface area contributed by atoms with Gasteiger partial charge in [-0.1, -0.05) is 18.2 Å². The first-order valence-electron chi connectivity index (χ1n) is 5.04. The Morgan fingerprint density at radius 1 is 1.53 bits per heavy atom. The van der Waals surface area contributed by atoms with Gasteiger partial charge in [-0.05, 0) is 40.9 Å². The van der Waals surface area contributed by atoms with Crippen molar-refractivity contribution >= 4 is 46.1 Å². The zero-order valence-corrected chi connectivity index (χ0v) is 12.4. The average Bonchev–Trinajstić information content (AvgIpc) is 2.32. The Hall–Kier alpha value is -0.730. The van der Waals surface area contributed by atoms with Crippen LogP contribution in [-0.2, 0) is 4.74 Å². The lowest BCUT2D eigenvalue weighted by Crippen LogP contribution is -2.34. The minimum Gasteiger partial charge on any atom is -0.383 e. The molecule has 92 valence electrons. The molecule has 4 nitrogen and oxygen atoms in total. The van der Waals surface area contributed by atoms with Crippen molar-refractivity contribution < 1.29 is 4.74 Å². The van der Waals surface area contributed by atoms with Crippen LogP contribution in [0.5, 0.6) is 0 Å². The van der Waals surface area contributed by atoms with E-state index in [1.807, 2.05) is 24.3 Å². The summed E-state index contributed by atoms with van der Waals surface area (Å²) in [6.45, 7) is 1.28. The standard InChI is InChI=1S/C11H14IN3OS/c1-16-7-6-13-11(17)15-14-8-9-4-2-3-5-10(9)12/h2-5,8H,6-7H2,1H3,(H2,13,15,17)/b14-8-. The maximum absolute atomic E-state index is 5.02. The van der Waals surface area contributed by atoms with Crippen LogP contribution in [-0.4, -0.2) is 31.6 Å². The first kappa shape index (κ1) is 14.3. The summed E-state index contributed by atoms with van der Waals surface area (Å²) in [4.78, 5) is 0. The van der Waals surface area contributed by atoms with Crippen molar-refractivity contribution in [3.63, 3.8) is 0 Å². The highest BCUT2D eigenvalue weighted by molar-refractivity contribution is 14.1. The third kappa shape index (κ3) is 5.94. The summed E-state index contributed by atoms with van der Waals surface area (Å²) in [6.07, 6.45) is 1.74. The van der Waals surface area contributed by atoms with E-state index in [9.17, 15) is 0 Å². The van der Waals surface area contributed by atoms with Crippen molar-refractivity contribution in [1.82, 2.24) is 10.7 Å². The quantitative estimate of drug-likeness (QED) is 0.275. The second-order valence-electron chi connectivity index (χ2n) is 3.14. The summed E-state index contributed by atoms with van der Waals surface area (Å²) in [7, 11) is 1.65. The molecule has 1 aromatic carbocycles. The molecule has 2 N–H and O–H groups in total. The molecule has 0 amide bonds. The number of benzene rings is 1. The number of methoxy groups -OCH3 is 1. The zero-order valence-electron chi connectivity index (χ0n) is 9.44. The van der Waals surface area contributed by atoms with Gasteiger partial charge in [-0.3, -0.25) is 5.43 Å². The third-order valence-corrected chi connectivity index (χ3v) is 3.08. The predicted octanol–water partition coefficient (Wildman–Crippen LogP) is 1.74. The number of nitrogens with zero attached hydrogens (tertiary/aromatic N) is 1. The van der Waals surface area contributed by atoms with E-state index in [2.05, 4.69) is 38.4 Å². The van der Waals surface area contributed by atoms with E-state index in [0.29, 0.717) is 18.3 Å². The second-order valence-corrected chi connectivity index (χ2v) is 4.71. The second kappa shape index (κ2) is 8.37. The van der Waals surface area contributed by atoms with Crippen LogP contribution in [0.4, 0.5) is 0 Å². The lowest BCUT2D eigenvalue weighted by atomic mass is 10.2. The monoisotopic (exact) mass is 363 g/mol. The molecule has 0 aliphatic rings. The maximum atomic E-state index is 5.02. The van der Waals surface area contributed by atoms with Gasteiger partial charge in [0.2, 0.25) is 0 Å². The summed E-state index contributed by atoms with van der Waals surface area (Å²) in [6, 6.07) is 7.98. The van der Waals surface area contributed by atoms with Crippen molar-refractivity contribution in [2.75, 3.05) is 20.3 Å². The molecule has 0 saturated heterocycles. The number of hydrogen-bond donors (Lipinski definition) is 2. The molecule has 0 unspecified atom stereocenters. The molecular weight excluding hydrogens is 349 g/mol. The molecule has 0 fully saturated rings. The summed E-state index contributed by atoms with van der Waals surface area (Å²) in [5.74, 6) is 0. The van der Waals surface area contributed by atoms with Crippen molar-refractivity contribution in [2.24, 2.45) is 5.10 Å². The SMILES string of the molecule is COCCNC(=S)N/N=C\c1ccccc1I. The van der Waals surface area contributed by atoms with Gasteiger partial charge < -0.3 is 10.1 Å². The topological polar surface area (TPSA) is 45.6 Å². The molecule has 0 atom stereocenters. The molecule has 0 heterocycles. The van der Waals surface area contributed by atoms with E-state index in [1.165, 1.54) is 0 Å². The van der Waals surface area contributed by atoms with E-state index in [0.717, 1.165) is 9.13 Å². The van der Waals surface area contributed by atoms with Crippen molar-refractivity contribution in [3.8, 4) is 0 Å². The molecule has 0 bridgehead atoms. The maximum Gasteiger partial charge on any atom is 0.187 e. The number of rotatable bonds is 5. The summed E-state index contributed by atoms with van der Waals surface area (Å²) < 4.78 is 6.04.